The van der Waals surface area contributed by atoms with Gasteiger partial charge in [0.05, 0.1) is 6.10 Å². The molecule has 2 heteroatoms. The molecule has 1 saturated heterocycles. The Morgan fingerprint density at radius 1 is 1.42 bits per heavy atom. The van der Waals surface area contributed by atoms with E-state index in [9.17, 15) is 5.11 Å². The van der Waals surface area contributed by atoms with Crippen LogP contribution in [-0.2, 0) is 0 Å². The van der Waals surface area contributed by atoms with Crippen molar-refractivity contribution in [3.8, 4) is 0 Å². The van der Waals surface area contributed by atoms with Gasteiger partial charge in [-0.25, -0.2) is 0 Å². The summed E-state index contributed by atoms with van der Waals surface area (Å²) in [6, 6.07) is 0. The van der Waals surface area contributed by atoms with E-state index in [4.69, 9.17) is 0 Å². The number of aliphatic hydroxyl groups excluding tert-OH is 1. The highest BCUT2D eigenvalue weighted by Gasteiger charge is 2.37. The van der Waals surface area contributed by atoms with Gasteiger partial charge in [-0.15, -0.1) is 0 Å². The maximum atomic E-state index is 9.89. The molecule has 0 bridgehead atoms. The Balaban J connectivity index is 2.33. The normalized spacial score (nSPS) is 23.8. The minimum atomic E-state index is -0.139. The van der Waals surface area contributed by atoms with E-state index < -0.39 is 0 Å². The molecule has 72 valence electrons. The van der Waals surface area contributed by atoms with E-state index in [0.717, 1.165) is 19.6 Å². The molecule has 1 aliphatic heterocycles. The molecule has 1 unspecified atom stereocenters. The van der Waals surface area contributed by atoms with Gasteiger partial charge < -0.3 is 10.0 Å². The zero-order valence-corrected chi connectivity index (χ0v) is 8.67. The second-order valence-electron chi connectivity index (χ2n) is 4.92. The lowest BCUT2D eigenvalue weighted by Gasteiger charge is -2.45. The fourth-order valence-corrected chi connectivity index (χ4v) is 1.77. The van der Waals surface area contributed by atoms with Crippen LogP contribution in [0, 0.1) is 11.3 Å². The lowest BCUT2D eigenvalue weighted by Crippen LogP contribution is -2.54. The van der Waals surface area contributed by atoms with Gasteiger partial charge in [0, 0.05) is 19.0 Å². The molecule has 1 atom stereocenters. The molecule has 0 radical (unpaired) electrons. The van der Waals surface area contributed by atoms with Crippen LogP contribution in [0.2, 0.25) is 0 Å². The minimum absolute atomic E-state index is 0.0461. The molecule has 12 heavy (non-hydrogen) atoms. The van der Waals surface area contributed by atoms with Gasteiger partial charge in [0.1, 0.15) is 0 Å². The number of hydrogen-bond acceptors (Lipinski definition) is 2. The summed E-state index contributed by atoms with van der Waals surface area (Å²) in [6.07, 6.45) is -0.139. The predicted molar refractivity (Wildman–Crippen MR) is 51.1 cm³/mol. The van der Waals surface area contributed by atoms with Crippen molar-refractivity contribution in [3.63, 3.8) is 0 Å². The van der Waals surface area contributed by atoms with E-state index in [2.05, 4.69) is 32.6 Å². The van der Waals surface area contributed by atoms with Crippen LogP contribution >= 0.6 is 0 Å². The smallest absolute Gasteiger partial charge is 0.0641 e. The molecule has 1 fully saturated rings. The third kappa shape index (κ3) is 1.99. The highest BCUT2D eigenvalue weighted by molar-refractivity contribution is 4.89. The molecule has 0 aromatic rings. The van der Waals surface area contributed by atoms with Crippen LogP contribution < -0.4 is 0 Å². The van der Waals surface area contributed by atoms with Crippen molar-refractivity contribution in [2.45, 2.75) is 33.8 Å². The Morgan fingerprint density at radius 2 is 1.92 bits per heavy atom. The maximum absolute atomic E-state index is 9.89. The lowest BCUT2D eigenvalue weighted by atomic mass is 9.78. The van der Waals surface area contributed by atoms with Crippen molar-refractivity contribution < 1.29 is 5.11 Å². The zero-order valence-electron chi connectivity index (χ0n) is 8.67. The standard InChI is InChI=1S/C10H21NO/c1-5-11-6-8(7-11)9(12)10(2,3)4/h8-9,12H,5-7H2,1-4H3. The van der Waals surface area contributed by atoms with Crippen molar-refractivity contribution in [1.29, 1.82) is 0 Å². The van der Waals surface area contributed by atoms with Gasteiger partial charge in [0.25, 0.3) is 0 Å². The molecular weight excluding hydrogens is 150 g/mol. The van der Waals surface area contributed by atoms with E-state index in [1.54, 1.807) is 0 Å². The summed E-state index contributed by atoms with van der Waals surface area (Å²) >= 11 is 0. The summed E-state index contributed by atoms with van der Waals surface area (Å²) in [7, 11) is 0. The quantitative estimate of drug-likeness (QED) is 0.678. The number of hydrogen-bond donors (Lipinski definition) is 1. The van der Waals surface area contributed by atoms with Gasteiger partial charge in [0.15, 0.2) is 0 Å². The summed E-state index contributed by atoms with van der Waals surface area (Å²) < 4.78 is 0. The van der Waals surface area contributed by atoms with E-state index in [0.29, 0.717) is 5.92 Å². The van der Waals surface area contributed by atoms with Crippen LogP contribution in [0.4, 0.5) is 0 Å². The molecule has 0 aliphatic carbocycles. The Bertz CT molecular complexity index is 144. The molecule has 1 heterocycles. The second-order valence-corrected chi connectivity index (χ2v) is 4.92. The number of nitrogens with zero attached hydrogens (tertiary/aromatic N) is 1. The van der Waals surface area contributed by atoms with Crippen LogP contribution in [-0.4, -0.2) is 35.7 Å². The molecule has 1 aliphatic rings. The second kappa shape index (κ2) is 3.35. The van der Waals surface area contributed by atoms with Gasteiger partial charge in [-0.05, 0) is 12.0 Å². The number of rotatable bonds is 2. The van der Waals surface area contributed by atoms with E-state index in [-0.39, 0.29) is 11.5 Å². The van der Waals surface area contributed by atoms with Crippen molar-refractivity contribution in [2.24, 2.45) is 11.3 Å². The van der Waals surface area contributed by atoms with Crippen LogP contribution in [0.25, 0.3) is 0 Å². The molecule has 0 saturated carbocycles. The van der Waals surface area contributed by atoms with Crippen LogP contribution in [0.1, 0.15) is 27.7 Å². The Labute approximate surface area is 75.6 Å². The van der Waals surface area contributed by atoms with Gasteiger partial charge in [0.2, 0.25) is 0 Å². The third-order valence-electron chi connectivity index (χ3n) is 2.77. The first-order valence-electron chi connectivity index (χ1n) is 4.85. The van der Waals surface area contributed by atoms with Gasteiger partial charge >= 0.3 is 0 Å². The van der Waals surface area contributed by atoms with Gasteiger partial charge in [-0.3, -0.25) is 0 Å². The molecule has 1 rings (SSSR count). The molecule has 0 amide bonds. The molecule has 0 aromatic heterocycles. The van der Waals surface area contributed by atoms with E-state index in [1.165, 1.54) is 0 Å². The molecule has 0 aromatic carbocycles. The minimum Gasteiger partial charge on any atom is -0.392 e. The van der Waals surface area contributed by atoms with Crippen molar-refractivity contribution in [3.05, 3.63) is 0 Å². The number of likely N-dealkylation sites (tertiary alicyclic amines) is 1. The van der Waals surface area contributed by atoms with Crippen molar-refractivity contribution in [1.82, 2.24) is 4.90 Å². The fourth-order valence-electron chi connectivity index (χ4n) is 1.77. The zero-order chi connectivity index (χ0) is 9.35. The van der Waals surface area contributed by atoms with Crippen molar-refractivity contribution in [2.75, 3.05) is 19.6 Å². The highest BCUT2D eigenvalue weighted by Crippen LogP contribution is 2.30. The lowest BCUT2D eigenvalue weighted by molar-refractivity contribution is -0.0555. The average molecular weight is 171 g/mol. The van der Waals surface area contributed by atoms with Crippen LogP contribution in [0.5, 0.6) is 0 Å². The van der Waals surface area contributed by atoms with Crippen LogP contribution in [0.15, 0.2) is 0 Å². The first-order chi connectivity index (χ1) is 5.45. The SMILES string of the molecule is CCN1CC(C(O)C(C)(C)C)C1. The highest BCUT2D eigenvalue weighted by atomic mass is 16.3. The van der Waals surface area contributed by atoms with Crippen molar-refractivity contribution >= 4 is 0 Å². The molecule has 0 spiro atoms. The average Bonchev–Trinajstić information content (AvgIpc) is 1.83. The fraction of sp³-hybridized carbons (Fsp3) is 1.00. The summed E-state index contributed by atoms with van der Waals surface area (Å²) in [5, 5.41) is 9.89. The summed E-state index contributed by atoms with van der Waals surface area (Å²) in [5.41, 5.74) is 0.0461. The maximum Gasteiger partial charge on any atom is 0.0641 e. The largest absolute Gasteiger partial charge is 0.392 e. The van der Waals surface area contributed by atoms with Crippen LogP contribution in [0.3, 0.4) is 0 Å². The first kappa shape index (κ1) is 10.0. The van der Waals surface area contributed by atoms with E-state index >= 15 is 0 Å². The Kier molecular flexibility index (Phi) is 2.79. The van der Waals surface area contributed by atoms with Gasteiger partial charge in [-0.2, -0.15) is 0 Å². The summed E-state index contributed by atoms with van der Waals surface area (Å²) in [6.45, 7) is 11.8. The Hall–Kier alpha value is -0.0800. The molecular formula is C10H21NO. The molecule has 1 N–H and O–H groups in total. The Morgan fingerprint density at radius 3 is 2.25 bits per heavy atom. The first-order valence-corrected chi connectivity index (χ1v) is 4.85. The predicted octanol–water partition coefficient (Wildman–Crippen LogP) is 1.35. The molecule has 2 nitrogen and oxygen atoms in total. The van der Waals surface area contributed by atoms with Gasteiger partial charge in [-0.1, -0.05) is 27.7 Å². The van der Waals surface area contributed by atoms with E-state index in [1.807, 2.05) is 0 Å². The summed E-state index contributed by atoms with van der Waals surface area (Å²) in [5.74, 6) is 0.505. The summed E-state index contributed by atoms with van der Waals surface area (Å²) in [4.78, 5) is 2.36. The third-order valence-corrected chi connectivity index (χ3v) is 2.77. The number of aliphatic hydroxyl groups is 1. The monoisotopic (exact) mass is 171 g/mol. The topological polar surface area (TPSA) is 23.5 Å².